The number of nitrogens with one attached hydrogen (secondary N) is 2. The first kappa shape index (κ1) is 14.1. The Morgan fingerprint density at radius 3 is 2.30 bits per heavy atom. The van der Waals surface area contributed by atoms with Crippen molar-refractivity contribution in [2.75, 3.05) is 11.0 Å². The Morgan fingerprint density at radius 1 is 1.25 bits per heavy atom. The highest BCUT2D eigenvalue weighted by Gasteiger charge is 2.10. The minimum atomic E-state index is -3.29. The van der Waals surface area contributed by atoms with Gasteiger partial charge in [-0.3, -0.25) is 9.52 Å². The van der Waals surface area contributed by atoms with Crippen LogP contribution in [0.4, 0.5) is 5.69 Å². The number of benzene rings is 1. The van der Waals surface area contributed by atoms with Crippen molar-refractivity contribution in [1.29, 1.82) is 0 Å². The van der Waals surface area contributed by atoms with Crippen molar-refractivity contribution in [1.82, 2.24) is 4.98 Å². The van der Waals surface area contributed by atoms with Crippen molar-refractivity contribution in [3.63, 3.8) is 0 Å². The number of rotatable bonds is 4. The highest BCUT2D eigenvalue weighted by Crippen LogP contribution is 2.23. The molecule has 1 aromatic heterocycles. The maximum absolute atomic E-state index is 11.2. The molecule has 2 aromatic rings. The highest BCUT2D eigenvalue weighted by atomic mass is 32.2. The molecule has 0 unspecified atom stereocenters. The average molecular weight is 293 g/mol. The summed E-state index contributed by atoms with van der Waals surface area (Å²) in [5.41, 5.74) is 8.47. The summed E-state index contributed by atoms with van der Waals surface area (Å²) in [4.78, 5) is 14.3. The van der Waals surface area contributed by atoms with E-state index in [0.29, 0.717) is 16.9 Å². The fraction of sp³-hybridized carbons (Fsp3) is 0.154. The third-order valence-corrected chi connectivity index (χ3v) is 3.39. The summed E-state index contributed by atoms with van der Waals surface area (Å²) in [6, 6.07) is 8.48. The Balaban J connectivity index is 2.30. The van der Waals surface area contributed by atoms with E-state index in [1.54, 1.807) is 37.3 Å². The number of hydrogen-bond donors (Lipinski definition) is 3. The van der Waals surface area contributed by atoms with Crippen molar-refractivity contribution < 1.29 is 13.2 Å². The second-order valence-electron chi connectivity index (χ2n) is 4.54. The van der Waals surface area contributed by atoms with E-state index in [0.717, 1.165) is 17.5 Å². The zero-order valence-corrected chi connectivity index (χ0v) is 11.9. The van der Waals surface area contributed by atoms with E-state index in [-0.39, 0.29) is 0 Å². The quantitative estimate of drug-likeness (QED) is 0.794. The highest BCUT2D eigenvalue weighted by molar-refractivity contribution is 7.92. The van der Waals surface area contributed by atoms with Gasteiger partial charge < -0.3 is 10.7 Å². The second-order valence-corrected chi connectivity index (χ2v) is 6.29. The molecule has 0 aliphatic heterocycles. The Hall–Kier alpha value is -2.28. The first-order valence-electron chi connectivity index (χ1n) is 5.84. The molecular formula is C13H15N3O3S. The summed E-state index contributed by atoms with van der Waals surface area (Å²) in [6.07, 6.45) is 1.09. The van der Waals surface area contributed by atoms with Crippen molar-refractivity contribution in [2.45, 2.75) is 6.92 Å². The van der Waals surface area contributed by atoms with E-state index < -0.39 is 15.9 Å². The number of sulfonamides is 1. The third kappa shape index (κ3) is 3.18. The van der Waals surface area contributed by atoms with Gasteiger partial charge in [-0.25, -0.2) is 8.42 Å². The van der Waals surface area contributed by atoms with Crippen LogP contribution < -0.4 is 10.5 Å². The fourth-order valence-corrected chi connectivity index (χ4v) is 2.47. The Labute approximate surface area is 117 Å². The molecule has 0 fully saturated rings. The molecule has 1 heterocycles. The van der Waals surface area contributed by atoms with Crippen LogP contribution in [0.3, 0.4) is 0 Å². The predicted octanol–water partition coefficient (Wildman–Crippen LogP) is 1.46. The van der Waals surface area contributed by atoms with Gasteiger partial charge in [0.25, 0.3) is 5.91 Å². The molecule has 106 valence electrons. The van der Waals surface area contributed by atoms with Crippen LogP contribution in [0.25, 0.3) is 11.3 Å². The number of primary amides is 1. The molecule has 0 saturated heterocycles. The molecule has 1 amide bonds. The molecule has 7 heteroatoms. The number of aryl methyl sites for hydroxylation is 1. The van der Waals surface area contributed by atoms with Gasteiger partial charge >= 0.3 is 0 Å². The molecule has 2 rings (SSSR count). The topological polar surface area (TPSA) is 105 Å². The van der Waals surface area contributed by atoms with Crippen LogP contribution in [0.5, 0.6) is 0 Å². The van der Waals surface area contributed by atoms with E-state index in [1.165, 1.54) is 0 Å². The normalized spacial score (nSPS) is 11.3. The minimum Gasteiger partial charge on any atom is -0.366 e. The van der Waals surface area contributed by atoms with E-state index in [4.69, 9.17) is 5.73 Å². The maximum atomic E-state index is 11.2. The van der Waals surface area contributed by atoms with Gasteiger partial charge in [-0.15, -0.1) is 0 Å². The number of aromatic amines is 1. The van der Waals surface area contributed by atoms with Gasteiger partial charge in [0, 0.05) is 17.1 Å². The van der Waals surface area contributed by atoms with Crippen molar-refractivity contribution in [3.8, 4) is 11.3 Å². The largest absolute Gasteiger partial charge is 0.366 e. The molecule has 0 bridgehead atoms. The number of amides is 1. The summed E-state index contributed by atoms with van der Waals surface area (Å²) < 4.78 is 24.6. The smallest absolute Gasteiger partial charge is 0.250 e. The number of aromatic nitrogens is 1. The van der Waals surface area contributed by atoms with Crippen molar-refractivity contribution in [3.05, 3.63) is 41.6 Å². The van der Waals surface area contributed by atoms with Crippen LogP contribution >= 0.6 is 0 Å². The third-order valence-electron chi connectivity index (χ3n) is 2.78. The predicted molar refractivity (Wildman–Crippen MR) is 78.0 cm³/mol. The Morgan fingerprint density at radius 2 is 1.85 bits per heavy atom. The molecule has 0 aliphatic carbocycles. The summed E-state index contributed by atoms with van der Waals surface area (Å²) in [6.45, 7) is 1.77. The van der Waals surface area contributed by atoms with Gasteiger partial charge in [-0.2, -0.15) is 0 Å². The number of carbonyl (C=O) groups excluding carboxylic acids is 1. The first-order chi connectivity index (χ1) is 9.26. The van der Waals surface area contributed by atoms with E-state index >= 15 is 0 Å². The molecule has 6 nitrogen and oxygen atoms in total. The van der Waals surface area contributed by atoms with Crippen LogP contribution in [0.15, 0.2) is 30.3 Å². The summed E-state index contributed by atoms with van der Waals surface area (Å²) in [5.74, 6) is -0.486. The van der Waals surface area contributed by atoms with Gasteiger partial charge in [-0.05, 0) is 30.7 Å². The number of anilines is 1. The van der Waals surface area contributed by atoms with Crippen molar-refractivity contribution in [2.24, 2.45) is 5.73 Å². The SMILES string of the molecule is Cc1[nH]c(-c2ccc(NS(C)(=O)=O)cc2)cc1C(N)=O. The zero-order chi connectivity index (χ0) is 14.9. The van der Waals surface area contributed by atoms with Crippen LogP contribution in [0.1, 0.15) is 16.1 Å². The molecular weight excluding hydrogens is 278 g/mol. The monoisotopic (exact) mass is 293 g/mol. The maximum Gasteiger partial charge on any atom is 0.250 e. The standard InChI is InChI=1S/C13H15N3O3S/c1-8-11(13(14)17)7-12(15-8)9-3-5-10(6-4-9)16-20(2,18)19/h3-7,15-16H,1-2H3,(H2,14,17). The Kier molecular flexibility index (Phi) is 3.54. The lowest BCUT2D eigenvalue weighted by Crippen LogP contribution is -2.10. The molecule has 4 N–H and O–H groups in total. The first-order valence-corrected chi connectivity index (χ1v) is 7.73. The van der Waals surface area contributed by atoms with Gasteiger partial charge in [0.1, 0.15) is 0 Å². The minimum absolute atomic E-state index is 0.443. The van der Waals surface area contributed by atoms with Gasteiger partial charge in [0.15, 0.2) is 0 Å². The summed E-state index contributed by atoms with van der Waals surface area (Å²) in [5, 5.41) is 0. The van der Waals surface area contributed by atoms with Crippen LogP contribution in [0, 0.1) is 6.92 Å². The molecule has 0 saturated carbocycles. The summed E-state index contributed by atoms with van der Waals surface area (Å²) >= 11 is 0. The molecule has 0 atom stereocenters. The fourth-order valence-electron chi connectivity index (χ4n) is 1.90. The van der Waals surface area contributed by atoms with Crippen LogP contribution in [-0.2, 0) is 10.0 Å². The Bertz CT molecular complexity index is 746. The second kappa shape index (κ2) is 5.01. The summed E-state index contributed by atoms with van der Waals surface area (Å²) in [7, 11) is -3.29. The molecule has 0 radical (unpaired) electrons. The number of H-pyrrole nitrogens is 1. The van der Waals surface area contributed by atoms with Crippen LogP contribution in [-0.4, -0.2) is 25.6 Å². The lowest BCUT2D eigenvalue weighted by atomic mass is 10.1. The number of carbonyl (C=O) groups is 1. The van der Waals surface area contributed by atoms with Gasteiger partial charge in [0.05, 0.1) is 11.8 Å². The van der Waals surface area contributed by atoms with E-state index in [2.05, 4.69) is 9.71 Å². The van der Waals surface area contributed by atoms with Gasteiger partial charge in [-0.1, -0.05) is 12.1 Å². The average Bonchev–Trinajstić information content (AvgIpc) is 2.70. The van der Waals surface area contributed by atoms with E-state index in [9.17, 15) is 13.2 Å². The number of hydrogen-bond acceptors (Lipinski definition) is 3. The van der Waals surface area contributed by atoms with Crippen molar-refractivity contribution >= 4 is 21.6 Å². The molecule has 0 aliphatic rings. The zero-order valence-electron chi connectivity index (χ0n) is 11.1. The lowest BCUT2D eigenvalue weighted by molar-refractivity contribution is 0.1000. The number of nitrogens with two attached hydrogens (primary N) is 1. The van der Waals surface area contributed by atoms with E-state index in [1.807, 2.05) is 0 Å². The van der Waals surface area contributed by atoms with Crippen LogP contribution in [0.2, 0.25) is 0 Å². The lowest BCUT2D eigenvalue weighted by Gasteiger charge is -2.04. The molecule has 1 aromatic carbocycles. The van der Waals surface area contributed by atoms with Gasteiger partial charge in [0.2, 0.25) is 10.0 Å². The molecule has 0 spiro atoms. The molecule has 20 heavy (non-hydrogen) atoms.